The Morgan fingerprint density at radius 2 is 2.00 bits per heavy atom. The highest BCUT2D eigenvalue weighted by molar-refractivity contribution is 6.19. The van der Waals surface area contributed by atoms with E-state index in [-0.39, 0.29) is 23.6 Å². The maximum Gasteiger partial charge on any atom is 0.135 e. The zero-order chi connectivity index (χ0) is 10.6. The summed E-state index contributed by atoms with van der Waals surface area (Å²) in [6.07, 6.45) is 0. The Labute approximate surface area is 89.1 Å². The van der Waals surface area contributed by atoms with Crippen molar-refractivity contribution in [1.29, 1.82) is 0 Å². The Balaban J connectivity index is 2.83. The molecule has 2 atom stereocenters. The predicted octanol–water partition coefficient (Wildman–Crippen LogP) is 2.13. The molecule has 0 aliphatic rings. The van der Waals surface area contributed by atoms with Gasteiger partial charge in [0.15, 0.2) is 0 Å². The minimum Gasteiger partial charge on any atom is -0.323 e. The zero-order valence-electron chi connectivity index (χ0n) is 8.11. The molecule has 0 unspecified atom stereocenters. The number of Topliss-reactive ketones (excluding diaryl/α,β-unsaturated/α-hetero) is 1. The van der Waals surface area contributed by atoms with Crippen LogP contribution in [0.25, 0.3) is 0 Å². The number of alkyl halides is 1. The summed E-state index contributed by atoms with van der Waals surface area (Å²) in [7, 11) is 0. The lowest BCUT2D eigenvalue weighted by Crippen LogP contribution is -2.28. The molecule has 0 aliphatic carbocycles. The molecule has 0 saturated heterocycles. The van der Waals surface area contributed by atoms with Crippen molar-refractivity contribution >= 4 is 17.4 Å². The number of carbonyl (C=O) groups is 1. The van der Waals surface area contributed by atoms with Crippen molar-refractivity contribution in [1.82, 2.24) is 0 Å². The molecule has 0 fully saturated rings. The van der Waals surface area contributed by atoms with Gasteiger partial charge in [-0.15, -0.1) is 11.6 Å². The Morgan fingerprint density at radius 1 is 1.43 bits per heavy atom. The Hall–Kier alpha value is -0.860. The fourth-order valence-corrected chi connectivity index (χ4v) is 1.77. The number of rotatable bonds is 4. The van der Waals surface area contributed by atoms with Crippen LogP contribution in [0.3, 0.4) is 0 Å². The summed E-state index contributed by atoms with van der Waals surface area (Å²) in [4.78, 5) is 11.2. The van der Waals surface area contributed by atoms with E-state index in [1.807, 2.05) is 30.3 Å². The minimum absolute atomic E-state index is 0.0383. The van der Waals surface area contributed by atoms with Gasteiger partial charge >= 0.3 is 0 Å². The molecular formula is C11H14ClNO. The highest BCUT2D eigenvalue weighted by Crippen LogP contribution is 2.21. The molecule has 0 aromatic heterocycles. The lowest BCUT2D eigenvalue weighted by atomic mass is 9.92. The van der Waals surface area contributed by atoms with Gasteiger partial charge in [0.05, 0.1) is 5.92 Å². The van der Waals surface area contributed by atoms with Crippen molar-refractivity contribution < 1.29 is 4.79 Å². The molecule has 0 heterocycles. The van der Waals surface area contributed by atoms with Gasteiger partial charge in [-0.2, -0.15) is 0 Å². The molecule has 0 spiro atoms. The third-order valence-corrected chi connectivity index (χ3v) is 2.64. The second kappa shape index (κ2) is 5.13. The summed E-state index contributed by atoms with van der Waals surface area (Å²) in [6.45, 7) is 1.52. The molecule has 0 bridgehead atoms. The van der Waals surface area contributed by atoms with Gasteiger partial charge in [0.1, 0.15) is 5.78 Å². The highest BCUT2D eigenvalue weighted by Gasteiger charge is 2.22. The van der Waals surface area contributed by atoms with Crippen LogP contribution in [0, 0.1) is 5.92 Å². The summed E-state index contributed by atoms with van der Waals surface area (Å²) >= 11 is 5.71. The second-order valence-corrected chi connectivity index (χ2v) is 3.62. The molecule has 1 aromatic carbocycles. The molecular weight excluding hydrogens is 198 g/mol. The highest BCUT2D eigenvalue weighted by atomic mass is 35.5. The van der Waals surface area contributed by atoms with Gasteiger partial charge in [0.25, 0.3) is 0 Å². The van der Waals surface area contributed by atoms with Gasteiger partial charge in [0, 0.05) is 11.9 Å². The molecule has 76 valence electrons. The first-order valence-electron chi connectivity index (χ1n) is 4.53. The van der Waals surface area contributed by atoms with Crippen LogP contribution in [0.2, 0.25) is 0 Å². The molecule has 2 nitrogen and oxygen atoms in total. The molecule has 3 heteroatoms. The Morgan fingerprint density at radius 3 is 2.43 bits per heavy atom. The first kappa shape index (κ1) is 11.2. The summed E-state index contributed by atoms with van der Waals surface area (Å²) in [5.41, 5.74) is 6.90. The third-order valence-electron chi connectivity index (χ3n) is 2.31. The van der Waals surface area contributed by atoms with Crippen LogP contribution in [0.15, 0.2) is 30.3 Å². The Kier molecular flexibility index (Phi) is 4.11. The fourth-order valence-electron chi connectivity index (χ4n) is 1.37. The number of ketones is 1. The van der Waals surface area contributed by atoms with Crippen LogP contribution in [0.1, 0.15) is 18.5 Å². The maximum atomic E-state index is 11.2. The van der Waals surface area contributed by atoms with E-state index < -0.39 is 0 Å². The van der Waals surface area contributed by atoms with Crippen molar-refractivity contribution in [2.24, 2.45) is 11.7 Å². The van der Waals surface area contributed by atoms with Crippen LogP contribution in [-0.2, 0) is 4.79 Å². The van der Waals surface area contributed by atoms with Gasteiger partial charge in [-0.05, 0) is 12.5 Å². The van der Waals surface area contributed by atoms with E-state index in [2.05, 4.69) is 0 Å². The first-order chi connectivity index (χ1) is 6.66. The fraction of sp³-hybridized carbons (Fsp3) is 0.364. The van der Waals surface area contributed by atoms with Crippen LogP contribution >= 0.6 is 11.6 Å². The predicted molar refractivity (Wildman–Crippen MR) is 58.3 cm³/mol. The van der Waals surface area contributed by atoms with E-state index in [1.54, 1.807) is 0 Å². The lowest BCUT2D eigenvalue weighted by Gasteiger charge is -2.19. The molecule has 14 heavy (non-hydrogen) atoms. The molecule has 2 N–H and O–H groups in total. The molecule has 0 radical (unpaired) electrons. The standard InChI is InChI=1S/C11H14ClNO/c1-8(14)10(7-12)11(13)9-5-3-2-4-6-9/h2-6,10-11H,7,13H2,1H3/t10-,11+/m1/s1. The van der Waals surface area contributed by atoms with E-state index in [0.717, 1.165) is 5.56 Å². The summed E-state index contributed by atoms with van der Waals surface area (Å²) in [6, 6.07) is 9.24. The van der Waals surface area contributed by atoms with E-state index >= 15 is 0 Å². The van der Waals surface area contributed by atoms with Crippen molar-refractivity contribution in [3.63, 3.8) is 0 Å². The SMILES string of the molecule is CC(=O)[C@@H](CCl)[C@@H](N)c1ccccc1. The summed E-state index contributed by atoms with van der Waals surface area (Å²) in [5, 5.41) is 0. The topological polar surface area (TPSA) is 43.1 Å². The Bertz CT molecular complexity index is 299. The molecule has 1 rings (SSSR count). The zero-order valence-corrected chi connectivity index (χ0v) is 8.87. The molecule has 0 saturated carbocycles. The smallest absolute Gasteiger partial charge is 0.135 e. The number of benzene rings is 1. The third kappa shape index (κ3) is 2.56. The largest absolute Gasteiger partial charge is 0.323 e. The van der Waals surface area contributed by atoms with Gasteiger partial charge in [-0.25, -0.2) is 0 Å². The number of hydrogen-bond acceptors (Lipinski definition) is 2. The number of carbonyl (C=O) groups excluding carboxylic acids is 1. The average Bonchev–Trinajstić information content (AvgIpc) is 2.19. The van der Waals surface area contributed by atoms with Crippen LogP contribution < -0.4 is 5.73 Å². The number of halogens is 1. The molecule has 0 aliphatic heterocycles. The quantitative estimate of drug-likeness (QED) is 0.776. The van der Waals surface area contributed by atoms with E-state index in [1.165, 1.54) is 6.92 Å². The number of nitrogens with two attached hydrogens (primary N) is 1. The van der Waals surface area contributed by atoms with Gasteiger partial charge in [-0.3, -0.25) is 4.79 Å². The second-order valence-electron chi connectivity index (χ2n) is 3.31. The normalized spacial score (nSPS) is 14.8. The van der Waals surface area contributed by atoms with Crippen LogP contribution in [-0.4, -0.2) is 11.7 Å². The first-order valence-corrected chi connectivity index (χ1v) is 5.07. The number of hydrogen-bond donors (Lipinski definition) is 1. The summed E-state index contributed by atoms with van der Waals surface area (Å²) < 4.78 is 0. The molecule has 0 amide bonds. The van der Waals surface area contributed by atoms with Gasteiger partial charge in [-0.1, -0.05) is 30.3 Å². The minimum atomic E-state index is -0.300. The van der Waals surface area contributed by atoms with Crippen molar-refractivity contribution in [3.8, 4) is 0 Å². The van der Waals surface area contributed by atoms with E-state index in [9.17, 15) is 4.79 Å². The van der Waals surface area contributed by atoms with E-state index in [4.69, 9.17) is 17.3 Å². The van der Waals surface area contributed by atoms with Gasteiger partial charge < -0.3 is 5.73 Å². The lowest BCUT2D eigenvalue weighted by molar-refractivity contribution is -0.120. The summed E-state index contributed by atoms with van der Waals surface area (Å²) in [5.74, 6) is 0.0150. The molecule has 1 aromatic rings. The average molecular weight is 212 g/mol. The maximum absolute atomic E-state index is 11.2. The van der Waals surface area contributed by atoms with E-state index in [0.29, 0.717) is 0 Å². The van der Waals surface area contributed by atoms with Gasteiger partial charge in [0.2, 0.25) is 0 Å². The van der Waals surface area contributed by atoms with Crippen molar-refractivity contribution in [2.45, 2.75) is 13.0 Å². The monoisotopic (exact) mass is 211 g/mol. The van der Waals surface area contributed by atoms with Crippen LogP contribution in [0.4, 0.5) is 0 Å². The van der Waals surface area contributed by atoms with Crippen molar-refractivity contribution in [2.75, 3.05) is 5.88 Å². The van der Waals surface area contributed by atoms with Crippen LogP contribution in [0.5, 0.6) is 0 Å². The van der Waals surface area contributed by atoms with Crippen molar-refractivity contribution in [3.05, 3.63) is 35.9 Å².